The van der Waals surface area contributed by atoms with Gasteiger partial charge in [-0.1, -0.05) is 49.3 Å². The lowest BCUT2D eigenvalue weighted by atomic mass is 10.1. The highest BCUT2D eigenvalue weighted by molar-refractivity contribution is 6.32. The van der Waals surface area contributed by atoms with Crippen LogP contribution in [0.25, 0.3) is 0 Å². The monoisotopic (exact) mass is 278 g/mol. The molecule has 1 aromatic carbocycles. The average Bonchev–Trinajstić information content (AvgIpc) is 2.87. The number of carbonyl (C=O) groups is 1. The van der Waals surface area contributed by atoms with E-state index in [-0.39, 0.29) is 11.8 Å². The molecule has 0 aliphatic heterocycles. The normalized spacial score (nSPS) is 12.4. The van der Waals surface area contributed by atoms with Crippen molar-refractivity contribution in [3.8, 4) is 0 Å². The highest BCUT2D eigenvalue weighted by Crippen LogP contribution is 2.23. The molecule has 100 valence electrons. The van der Waals surface area contributed by atoms with Crippen LogP contribution in [-0.2, 0) is 4.79 Å². The van der Waals surface area contributed by atoms with E-state index in [1.54, 1.807) is 18.2 Å². The van der Waals surface area contributed by atoms with Crippen molar-refractivity contribution in [3.63, 3.8) is 0 Å². The number of alkyl halides is 1. The zero-order chi connectivity index (χ0) is 13.8. The maximum absolute atomic E-state index is 12.0. The van der Waals surface area contributed by atoms with Gasteiger partial charge in [0.15, 0.2) is 0 Å². The van der Waals surface area contributed by atoms with Gasteiger partial charge in [0.2, 0.25) is 11.8 Å². The first kappa shape index (κ1) is 13.6. The van der Waals surface area contributed by atoms with Crippen LogP contribution in [0.5, 0.6) is 0 Å². The molecule has 1 aromatic heterocycles. The number of nitrogens with zero attached hydrogens (tertiary/aromatic N) is 1. The molecule has 4 nitrogen and oxygen atoms in total. The van der Waals surface area contributed by atoms with Gasteiger partial charge >= 0.3 is 0 Å². The molecule has 0 aliphatic rings. The second-order valence-electron chi connectivity index (χ2n) is 4.53. The Morgan fingerprint density at radius 3 is 2.58 bits per heavy atom. The molecule has 1 amide bonds. The van der Waals surface area contributed by atoms with Crippen molar-refractivity contribution in [2.45, 2.75) is 25.1 Å². The minimum absolute atomic E-state index is 0.246. The molecule has 1 unspecified atom stereocenters. The summed E-state index contributed by atoms with van der Waals surface area (Å²) >= 11 is 6.10. The number of hydrogen-bond acceptors (Lipinski definition) is 3. The van der Waals surface area contributed by atoms with Crippen LogP contribution in [0, 0.1) is 0 Å². The van der Waals surface area contributed by atoms with Crippen molar-refractivity contribution >= 4 is 23.4 Å². The molecule has 0 saturated carbocycles. The Morgan fingerprint density at radius 2 is 2.00 bits per heavy atom. The number of nitrogens with one attached hydrogen (secondary N) is 1. The van der Waals surface area contributed by atoms with Crippen LogP contribution in [-0.4, -0.2) is 11.1 Å². The molecule has 1 atom stereocenters. The Hall–Kier alpha value is -1.81. The third-order valence-corrected chi connectivity index (χ3v) is 3.14. The number of carbonyl (C=O) groups excluding carboxylic acids is 1. The molecule has 1 heterocycles. The second kappa shape index (κ2) is 5.89. The maximum atomic E-state index is 12.0. The van der Waals surface area contributed by atoms with Crippen LogP contribution in [0.15, 0.2) is 40.9 Å². The summed E-state index contributed by atoms with van der Waals surface area (Å²) in [4.78, 5) is 12.0. The zero-order valence-corrected chi connectivity index (χ0v) is 11.5. The Bertz CT molecular complexity index is 552. The number of benzene rings is 1. The number of hydrogen-bond donors (Lipinski definition) is 1. The molecular weight excluding hydrogens is 264 g/mol. The molecule has 0 aliphatic carbocycles. The van der Waals surface area contributed by atoms with E-state index in [0.717, 1.165) is 11.3 Å². The van der Waals surface area contributed by atoms with Crippen LogP contribution >= 0.6 is 11.6 Å². The van der Waals surface area contributed by atoms with Crippen molar-refractivity contribution in [2.24, 2.45) is 0 Å². The van der Waals surface area contributed by atoms with Crippen molar-refractivity contribution in [1.82, 2.24) is 5.16 Å². The number of anilines is 1. The molecule has 5 heteroatoms. The third-order valence-electron chi connectivity index (χ3n) is 2.69. The van der Waals surface area contributed by atoms with Gasteiger partial charge in [0.25, 0.3) is 0 Å². The summed E-state index contributed by atoms with van der Waals surface area (Å²) in [7, 11) is 0. The smallest absolute Gasteiger partial charge is 0.249 e. The molecule has 19 heavy (non-hydrogen) atoms. The summed E-state index contributed by atoms with van der Waals surface area (Å²) < 4.78 is 5.04. The Morgan fingerprint density at radius 1 is 1.32 bits per heavy atom. The van der Waals surface area contributed by atoms with Gasteiger partial charge in [-0.25, -0.2) is 0 Å². The van der Waals surface area contributed by atoms with E-state index in [2.05, 4.69) is 10.5 Å². The van der Waals surface area contributed by atoms with E-state index in [9.17, 15) is 4.79 Å². The highest BCUT2D eigenvalue weighted by Gasteiger charge is 2.19. The van der Waals surface area contributed by atoms with Crippen LogP contribution in [0.1, 0.15) is 36.4 Å². The van der Waals surface area contributed by atoms with E-state index < -0.39 is 5.38 Å². The third kappa shape index (κ3) is 3.35. The number of aromatic nitrogens is 1. The van der Waals surface area contributed by atoms with Crippen LogP contribution in [0.3, 0.4) is 0 Å². The molecule has 0 bridgehead atoms. The first-order valence-corrected chi connectivity index (χ1v) is 6.48. The quantitative estimate of drug-likeness (QED) is 0.867. The standard InChI is InChI=1S/C14H15ClN2O2/c1-9(2)11-8-12(19-17-11)16-14(18)13(15)10-6-4-3-5-7-10/h3-9,13H,1-2H3,(H,16,18). The van der Waals surface area contributed by atoms with E-state index in [0.29, 0.717) is 5.88 Å². The van der Waals surface area contributed by atoms with Gasteiger partial charge in [-0.3, -0.25) is 10.1 Å². The first-order valence-electron chi connectivity index (χ1n) is 6.04. The van der Waals surface area contributed by atoms with Crippen LogP contribution in [0.4, 0.5) is 5.88 Å². The fourth-order valence-electron chi connectivity index (χ4n) is 1.58. The summed E-state index contributed by atoms with van der Waals surface area (Å²) in [5, 5.41) is 5.73. The summed E-state index contributed by atoms with van der Waals surface area (Å²) in [5.74, 6) is 0.227. The molecule has 0 spiro atoms. The molecule has 2 rings (SSSR count). The van der Waals surface area contributed by atoms with Crippen molar-refractivity contribution < 1.29 is 9.32 Å². The molecule has 0 radical (unpaired) electrons. The minimum atomic E-state index is -0.756. The van der Waals surface area contributed by atoms with Gasteiger partial charge in [-0.2, -0.15) is 0 Å². The lowest BCUT2D eigenvalue weighted by Crippen LogP contribution is -2.16. The molecular formula is C14H15ClN2O2. The fourth-order valence-corrected chi connectivity index (χ4v) is 1.78. The summed E-state index contributed by atoms with van der Waals surface area (Å²) in [5.41, 5.74) is 1.53. The summed E-state index contributed by atoms with van der Waals surface area (Å²) in [6, 6.07) is 10.9. The van der Waals surface area contributed by atoms with Gasteiger partial charge in [0, 0.05) is 6.07 Å². The highest BCUT2D eigenvalue weighted by atomic mass is 35.5. The average molecular weight is 279 g/mol. The summed E-state index contributed by atoms with van der Waals surface area (Å²) in [6.07, 6.45) is 0. The van der Waals surface area contributed by atoms with E-state index in [1.807, 2.05) is 32.0 Å². The lowest BCUT2D eigenvalue weighted by Gasteiger charge is -2.08. The maximum Gasteiger partial charge on any atom is 0.249 e. The lowest BCUT2D eigenvalue weighted by molar-refractivity contribution is -0.116. The van der Waals surface area contributed by atoms with E-state index in [4.69, 9.17) is 16.1 Å². The van der Waals surface area contributed by atoms with Gasteiger partial charge in [0.1, 0.15) is 5.38 Å². The van der Waals surface area contributed by atoms with Crippen LogP contribution in [0.2, 0.25) is 0 Å². The van der Waals surface area contributed by atoms with Crippen LogP contribution < -0.4 is 5.32 Å². The first-order chi connectivity index (χ1) is 9.08. The molecule has 1 N–H and O–H groups in total. The topological polar surface area (TPSA) is 55.1 Å². The van der Waals surface area contributed by atoms with Gasteiger partial charge in [0.05, 0.1) is 5.69 Å². The molecule has 0 saturated heterocycles. The van der Waals surface area contributed by atoms with Crippen molar-refractivity contribution in [3.05, 3.63) is 47.7 Å². The Labute approximate surface area is 116 Å². The number of rotatable bonds is 4. The second-order valence-corrected chi connectivity index (χ2v) is 4.97. The Kier molecular flexibility index (Phi) is 4.22. The number of amides is 1. The SMILES string of the molecule is CC(C)c1cc(NC(=O)C(Cl)c2ccccc2)on1. The zero-order valence-electron chi connectivity index (χ0n) is 10.8. The van der Waals surface area contributed by atoms with Crippen molar-refractivity contribution in [1.29, 1.82) is 0 Å². The number of halogens is 1. The van der Waals surface area contributed by atoms with Gasteiger partial charge in [-0.15, -0.1) is 11.6 Å². The van der Waals surface area contributed by atoms with E-state index >= 15 is 0 Å². The molecule has 0 fully saturated rings. The minimum Gasteiger partial charge on any atom is -0.338 e. The van der Waals surface area contributed by atoms with E-state index in [1.165, 1.54) is 0 Å². The summed E-state index contributed by atoms with van der Waals surface area (Å²) in [6.45, 7) is 4.00. The van der Waals surface area contributed by atoms with Gasteiger partial charge in [-0.05, 0) is 11.5 Å². The fraction of sp³-hybridized carbons (Fsp3) is 0.286. The van der Waals surface area contributed by atoms with Gasteiger partial charge < -0.3 is 4.52 Å². The largest absolute Gasteiger partial charge is 0.338 e. The predicted octanol–water partition coefficient (Wildman–Crippen LogP) is 3.72. The van der Waals surface area contributed by atoms with Crippen molar-refractivity contribution in [2.75, 3.05) is 5.32 Å². The molecule has 2 aromatic rings. The predicted molar refractivity (Wildman–Crippen MR) is 74.3 cm³/mol. The Balaban J connectivity index is 2.04.